The second-order valence-corrected chi connectivity index (χ2v) is 10.5. The Morgan fingerprint density at radius 1 is 1.14 bits per heavy atom. The van der Waals surface area contributed by atoms with Crippen LogP contribution in [0.3, 0.4) is 0 Å². The zero-order valence-corrected chi connectivity index (χ0v) is 18.5. The molecule has 29 heavy (non-hydrogen) atoms. The summed E-state index contributed by atoms with van der Waals surface area (Å²) in [5, 5.41) is 4.47. The molecule has 0 spiro atoms. The Morgan fingerprint density at radius 3 is 2.69 bits per heavy atom. The lowest BCUT2D eigenvalue weighted by atomic mass is 9.46. The van der Waals surface area contributed by atoms with Crippen LogP contribution < -0.4 is 0 Å². The molecule has 0 aromatic heterocycles. The zero-order valence-electron chi connectivity index (χ0n) is 18.5. The molecule has 3 aliphatic rings. The first-order valence-electron chi connectivity index (χ1n) is 11.4. The highest BCUT2D eigenvalue weighted by Gasteiger charge is 2.54. The summed E-state index contributed by atoms with van der Waals surface area (Å²) in [5.74, 6) is 1.39. The molecule has 0 bridgehead atoms. The number of fused-ring (bicyclic) bond motifs is 3. The van der Waals surface area contributed by atoms with Crippen molar-refractivity contribution < 1.29 is 4.84 Å². The Hall–Kier alpha value is -1.83. The summed E-state index contributed by atoms with van der Waals surface area (Å²) in [6.45, 7) is 12.0. The lowest BCUT2D eigenvalue weighted by Crippen LogP contribution is -2.50. The summed E-state index contributed by atoms with van der Waals surface area (Å²) in [6, 6.07) is 10.3. The molecule has 0 heterocycles. The molecule has 0 amide bonds. The summed E-state index contributed by atoms with van der Waals surface area (Å²) in [5.41, 5.74) is 3.62. The largest absolute Gasteiger partial charge is 0.391 e. The van der Waals surface area contributed by atoms with Crippen LogP contribution in [0.2, 0.25) is 0 Å². The molecule has 0 N–H and O–H groups in total. The van der Waals surface area contributed by atoms with E-state index < -0.39 is 0 Å². The van der Waals surface area contributed by atoms with E-state index >= 15 is 0 Å². The number of hydrogen-bond acceptors (Lipinski definition) is 2. The summed E-state index contributed by atoms with van der Waals surface area (Å²) in [4.78, 5) is 5.69. The third-order valence-electron chi connectivity index (χ3n) is 8.37. The highest BCUT2D eigenvalue weighted by atomic mass is 16.6. The van der Waals surface area contributed by atoms with Crippen LogP contribution in [0.5, 0.6) is 0 Å². The van der Waals surface area contributed by atoms with Crippen molar-refractivity contribution in [3.05, 3.63) is 60.2 Å². The maximum atomic E-state index is 5.69. The van der Waals surface area contributed by atoms with E-state index in [0.29, 0.717) is 17.9 Å². The van der Waals surface area contributed by atoms with Gasteiger partial charge < -0.3 is 4.84 Å². The fourth-order valence-corrected chi connectivity index (χ4v) is 6.66. The standard InChI is InChI=1S/C27H37NO/c1-5-25(2)17-14-23-22(18-25)12-13-24-26(3,15-9-16-27(23,24)4)20-28-29-19-21-10-7-6-8-11-21/h5-8,10-11,14,20,22,24H,1,9,12-13,15-19H2,2-4H3/t22?,24?,25-,26-,27-/m0/s1. The second kappa shape index (κ2) is 7.78. The van der Waals surface area contributed by atoms with Crippen molar-refractivity contribution in [3.63, 3.8) is 0 Å². The quantitative estimate of drug-likeness (QED) is 0.293. The molecule has 2 nitrogen and oxygen atoms in total. The first-order valence-corrected chi connectivity index (χ1v) is 11.4. The van der Waals surface area contributed by atoms with Gasteiger partial charge in [-0.2, -0.15) is 0 Å². The van der Waals surface area contributed by atoms with Crippen LogP contribution >= 0.6 is 0 Å². The minimum Gasteiger partial charge on any atom is -0.391 e. The van der Waals surface area contributed by atoms with Crippen molar-refractivity contribution in [1.29, 1.82) is 0 Å². The minimum atomic E-state index is 0.120. The normalized spacial score (nSPS) is 39.3. The van der Waals surface area contributed by atoms with E-state index in [1.165, 1.54) is 44.1 Å². The number of hydrogen-bond donors (Lipinski definition) is 0. The SMILES string of the molecule is C=C[C@@]1(C)CC=C2C(CCC3[C@@]2(C)CCC[C@@]3(C)C=NOCc2ccccc2)C1. The van der Waals surface area contributed by atoms with Gasteiger partial charge in [-0.1, -0.05) is 80.4 Å². The van der Waals surface area contributed by atoms with Crippen molar-refractivity contribution in [2.75, 3.05) is 0 Å². The van der Waals surface area contributed by atoms with Crippen molar-refractivity contribution in [2.24, 2.45) is 33.2 Å². The minimum absolute atomic E-state index is 0.120. The third kappa shape index (κ3) is 3.83. The average molecular weight is 392 g/mol. The van der Waals surface area contributed by atoms with Crippen molar-refractivity contribution in [3.8, 4) is 0 Å². The van der Waals surface area contributed by atoms with Crippen molar-refractivity contribution in [2.45, 2.75) is 72.3 Å². The Bertz CT molecular complexity index is 796. The number of oxime groups is 1. The summed E-state index contributed by atoms with van der Waals surface area (Å²) >= 11 is 0. The molecule has 3 aliphatic carbocycles. The second-order valence-electron chi connectivity index (χ2n) is 10.5. The van der Waals surface area contributed by atoms with E-state index in [0.717, 1.165) is 12.3 Å². The van der Waals surface area contributed by atoms with E-state index in [9.17, 15) is 0 Å². The smallest absolute Gasteiger partial charge is 0.142 e. The van der Waals surface area contributed by atoms with Gasteiger partial charge in [0.25, 0.3) is 0 Å². The van der Waals surface area contributed by atoms with Gasteiger partial charge in [0, 0.05) is 11.6 Å². The van der Waals surface area contributed by atoms with Gasteiger partial charge in [0.05, 0.1) is 0 Å². The molecule has 4 rings (SSSR count). The van der Waals surface area contributed by atoms with E-state index in [-0.39, 0.29) is 10.8 Å². The summed E-state index contributed by atoms with van der Waals surface area (Å²) in [7, 11) is 0. The molecule has 2 heteroatoms. The lowest BCUT2D eigenvalue weighted by molar-refractivity contribution is 0.0113. The molecule has 0 saturated heterocycles. The van der Waals surface area contributed by atoms with Gasteiger partial charge in [0.2, 0.25) is 0 Å². The number of rotatable bonds is 5. The average Bonchev–Trinajstić information content (AvgIpc) is 2.72. The van der Waals surface area contributed by atoms with Gasteiger partial charge in [-0.05, 0) is 66.8 Å². The van der Waals surface area contributed by atoms with Crippen LogP contribution in [-0.4, -0.2) is 6.21 Å². The van der Waals surface area contributed by atoms with Gasteiger partial charge in [-0.3, -0.25) is 0 Å². The maximum Gasteiger partial charge on any atom is 0.142 e. The summed E-state index contributed by atoms with van der Waals surface area (Å²) < 4.78 is 0. The van der Waals surface area contributed by atoms with Gasteiger partial charge in [-0.15, -0.1) is 6.58 Å². The Morgan fingerprint density at radius 2 is 1.93 bits per heavy atom. The van der Waals surface area contributed by atoms with Crippen LogP contribution in [0.1, 0.15) is 71.3 Å². The molecule has 2 unspecified atom stereocenters. The highest BCUT2D eigenvalue weighted by molar-refractivity contribution is 5.66. The first-order chi connectivity index (χ1) is 13.9. The predicted octanol–water partition coefficient (Wildman–Crippen LogP) is 7.32. The van der Waals surface area contributed by atoms with Crippen LogP contribution in [-0.2, 0) is 11.4 Å². The molecule has 1 aromatic rings. The Labute approximate surface area is 177 Å². The lowest BCUT2D eigenvalue weighted by Gasteiger charge is -2.58. The topological polar surface area (TPSA) is 21.6 Å². The van der Waals surface area contributed by atoms with Crippen LogP contribution in [0, 0.1) is 28.1 Å². The molecule has 2 fully saturated rings. The molecule has 156 valence electrons. The van der Waals surface area contributed by atoms with Gasteiger partial charge in [0.15, 0.2) is 0 Å². The van der Waals surface area contributed by atoms with E-state index in [1.54, 1.807) is 5.57 Å². The molecule has 0 radical (unpaired) electrons. The van der Waals surface area contributed by atoms with Crippen molar-refractivity contribution in [1.82, 2.24) is 0 Å². The van der Waals surface area contributed by atoms with E-state index in [2.05, 4.69) is 63.0 Å². The zero-order chi connectivity index (χ0) is 20.5. The van der Waals surface area contributed by atoms with Crippen LogP contribution in [0.15, 0.2) is 59.8 Å². The molecule has 5 atom stereocenters. The fourth-order valence-electron chi connectivity index (χ4n) is 6.66. The van der Waals surface area contributed by atoms with E-state index in [4.69, 9.17) is 4.84 Å². The molecule has 0 aliphatic heterocycles. The highest BCUT2D eigenvalue weighted by Crippen LogP contribution is 2.63. The molecule has 1 aromatic carbocycles. The monoisotopic (exact) mass is 391 g/mol. The number of allylic oxidation sites excluding steroid dienone is 3. The van der Waals surface area contributed by atoms with E-state index in [1.807, 2.05) is 18.2 Å². The fraction of sp³-hybridized carbons (Fsp3) is 0.593. The van der Waals surface area contributed by atoms with Gasteiger partial charge in [-0.25, -0.2) is 0 Å². The first kappa shape index (κ1) is 20.4. The molecule has 2 saturated carbocycles. The maximum absolute atomic E-state index is 5.69. The third-order valence-corrected chi connectivity index (χ3v) is 8.37. The van der Waals surface area contributed by atoms with Crippen molar-refractivity contribution >= 4 is 6.21 Å². The molecular weight excluding hydrogens is 354 g/mol. The summed E-state index contributed by atoms with van der Waals surface area (Å²) in [6.07, 6.45) is 15.8. The Kier molecular flexibility index (Phi) is 5.48. The van der Waals surface area contributed by atoms with Gasteiger partial charge in [0.1, 0.15) is 6.61 Å². The van der Waals surface area contributed by atoms with Crippen LogP contribution in [0.4, 0.5) is 0 Å². The van der Waals surface area contributed by atoms with Crippen LogP contribution in [0.25, 0.3) is 0 Å². The predicted molar refractivity (Wildman–Crippen MR) is 122 cm³/mol. The molecular formula is C27H37NO. The number of benzene rings is 1. The number of nitrogens with zero attached hydrogens (tertiary/aromatic N) is 1. The van der Waals surface area contributed by atoms with Gasteiger partial charge >= 0.3 is 0 Å². The Balaban J connectivity index is 1.50.